The molecule has 1 heterocycles. The number of nitrogens with zero attached hydrogens (tertiary/aromatic N) is 1. The number of fused-ring (bicyclic) bond motifs is 1. The quantitative estimate of drug-likeness (QED) is 0.284. The Hall–Kier alpha value is -1.85. The molecule has 3 nitrogen and oxygen atoms in total. The molecule has 0 spiro atoms. The van der Waals surface area contributed by atoms with Gasteiger partial charge in [0.15, 0.2) is 4.34 Å². The van der Waals surface area contributed by atoms with Crippen molar-refractivity contribution in [2.24, 2.45) is 5.41 Å². The van der Waals surface area contributed by atoms with Gasteiger partial charge in [0.05, 0.1) is 10.2 Å². The van der Waals surface area contributed by atoms with Crippen LogP contribution in [0, 0.1) is 5.41 Å². The molecule has 0 N–H and O–H groups in total. The molecule has 1 aromatic carbocycles. The summed E-state index contributed by atoms with van der Waals surface area (Å²) < 4.78 is 7.83. The minimum absolute atomic E-state index is 0.00498. The second-order valence-electron chi connectivity index (χ2n) is 8.26. The molecule has 0 radical (unpaired) electrons. The van der Waals surface area contributed by atoms with Gasteiger partial charge in [-0.3, -0.25) is 4.79 Å². The number of carbonyl (C=O) groups excluding carboxylic acids is 1. The fourth-order valence-electron chi connectivity index (χ4n) is 3.91. The molecule has 2 aromatic rings. The molecule has 0 saturated carbocycles. The van der Waals surface area contributed by atoms with Crippen molar-refractivity contribution < 1.29 is 9.53 Å². The molecule has 0 aliphatic heterocycles. The second-order valence-corrected chi connectivity index (χ2v) is 10.6. The first-order valence-corrected chi connectivity index (χ1v) is 11.8. The molecule has 0 fully saturated rings. The van der Waals surface area contributed by atoms with E-state index in [1.54, 1.807) is 23.1 Å². The van der Waals surface area contributed by atoms with Crippen LogP contribution < -0.4 is 0 Å². The van der Waals surface area contributed by atoms with Gasteiger partial charge in [-0.2, -0.15) is 0 Å². The Morgan fingerprint density at radius 2 is 2.10 bits per heavy atom. The van der Waals surface area contributed by atoms with Crippen LogP contribution in [-0.4, -0.2) is 22.8 Å². The molecule has 5 heteroatoms. The van der Waals surface area contributed by atoms with Gasteiger partial charge in [-0.25, -0.2) is 4.98 Å². The van der Waals surface area contributed by atoms with E-state index in [0.717, 1.165) is 28.5 Å². The summed E-state index contributed by atoms with van der Waals surface area (Å²) in [6.07, 6.45) is 8.36. The summed E-state index contributed by atoms with van der Waals surface area (Å²) in [5, 5.41) is 0. The number of allylic oxidation sites excluding steroid dienone is 4. The van der Waals surface area contributed by atoms with E-state index in [4.69, 9.17) is 4.74 Å². The molecule has 1 unspecified atom stereocenters. The van der Waals surface area contributed by atoms with Gasteiger partial charge in [-0.05, 0) is 43.4 Å². The zero-order chi connectivity index (χ0) is 21.0. The summed E-state index contributed by atoms with van der Waals surface area (Å²) in [5.41, 5.74) is 4.98. The van der Waals surface area contributed by atoms with Gasteiger partial charge in [0.1, 0.15) is 6.10 Å². The maximum absolute atomic E-state index is 11.3. The fraction of sp³-hybridized carbons (Fsp3) is 0.417. The van der Waals surface area contributed by atoms with Gasteiger partial charge in [-0.1, -0.05) is 67.1 Å². The molecule has 3 rings (SSSR count). The van der Waals surface area contributed by atoms with E-state index in [2.05, 4.69) is 69.1 Å². The van der Waals surface area contributed by atoms with Crippen molar-refractivity contribution in [3.05, 3.63) is 59.2 Å². The second kappa shape index (κ2) is 9.31. The molecule has 0 amide bonds. The normalized spacial score (nSPS) is 19.9. The summed E-state index contributed by atoms with van der Waals surface area (Å²) in [6.45, 7) is 10.2. The SMILES string of the molecule is CC(=O)OC1CC(C)=C(C=CC(C)=CCSc2nc3ccccc3s2)C(C)(C)C1. The third kappa shape index (κ3) is 5.83. The number of thioether (sulfide) groups is 1. The number of aromatic nitrogens is 1. The van der Waals surface area contributed by atoms with Crippen molar-refractivity contribution in [1.82, 2.24) is 4.98 Å². The summed E-state index contributed by atoms with van der Waals surface area (Å²) in [7, 11) is 0. The van der Waals surface area contributed by atoms with Crippen molar-refractivity contribution in [2.45, 2.75) is 57.9 Å². The molecule has 0 saturated heterocycles. The minimum Gasteiger partial charge on any atom is -0.462 e. The average Bonchev–Trinajstić information content (AvgIpc) is 3.02. The lowest BCUT2D eigenvalue weighted by Crippen LogP contribution is -2.31. The lowest BCUT2D eigenvalue weighted by Gasteiger charge is -2.37. The molecule has 1 aliphatic rings. The molecular weight excluding hydrogens is 398 g/mol. The van der Waals surface area contributed by atoms with Gasteiger partial charge in [0.25, 0.3) is 0 Å². The van der Waals surface area contributed by atoms with Crippen LogP contribution in [0.3, 0.4) is 0 Å². The Kier molecular flexibility index (Phi) is 7.01. The van der Waals surface area contributed by atoms with Crippen LogP contribution in [0.2, 0.25) is 0 Å². The Labute approximate surface area is 182 Å². The number of para-hydroxylation sites is 1. The third-order valence-electron chi connectivity index (χ3n) is 5.19. The highest BCUT2D eigenvalue weighted by Crippen LogP contribution is 2.42. The highest BCUT2D eigenvalue weighted by atomic mass is 32.2. The first kappa shape index (κ1) is 21.8. The van der Waals surface area contributed by atoms with E-state index in [1.165, 1.54) is 28.3 Å². The Morgan fingerprint density at radius 3 is 2.79 bits per heavy atom. The van der Waals surface area contributed by atoms with E-state index in [9.17, 15) is 4.79 Å². The highest BCUT2D eigenvalue weighted by molar-refractivity contribution is 8.01. The van der Waals surface area contributed by atoms with E-state index in [-0.39, 0.29) is 17.5 Å². The van der Waals surface area contributed by atoms with Gasteiger partial charge < -0.3 is 4.74 Å². The van der Waals surface area contributed by atoms with Crippen LogP contribution in [0.5, 0.6) is 0 Å². The summed E-state index contributed by atoms with van der Waals surface area (Å²) >= 11 is 3.53. The number of hydrogen-bond acceptors (Lipinski definition) is 5. The molecule has 1 aliphatic carbocycles. The predicted molar refractivity (Wildman–Crippen MR) is 125 cm³/mol. The van der Waals surface area contributed by atoms with Crippen molar-refractivity contribution in [2.75, 3.05) is 5.75 Å². The lowest BCUT2D eigenvalue weighted by molar-refractivity contribution is -0.147. The molecule has 1 atom stereocenters. The average molecular weight is 428 g/mol. The third-order valence-corrected chi connectivity index (χ3v) is 7.30. The van der Waals surface area contributed by atoms with Crippen LogP contribution >= 0.6 is 23.1 Å². The number of thiazole rings is 1. The van der Waals surface area contributed by atoms with E-state index < -0.39 is 0 Å². The standard InChI is InChI=1S/C24H29NO2S2/c1-16(12-13-28-23-25-21-8-6-7-9-22(21)29-23)10-11-20-17(2)14-19(27-18(3)26)15-24(20,4)5/h6-12,19H,13-15H2,1-5H3. The van der Waals surface area contributed by atoms with Crippen molar-refractivity contribution in [3.8, 4) is 0 Å². The van der Waals surface area contributed by atoms with E-state index in [1.807, 2.05) is 6.07 Å². The van der Waals surface area contributed by atoms with Crippen LogP contribution in [0.15, 0.2) is 63.6 Å². The number of benzene rings is 1. The van der Waals surface area contributed by atoms with Crippen LogP contribution in [0.4, 0.5) is 0 Å². The smallest absolute Gasteiger partial charge is 0.302 e. The zero-order valence-electron chi connectivity index (χ0n) is 17.8. The lowest BCUT2D eigenvalue weighted by atomic mass is 9.71. The number of esters is 1. The first-order valence-electron chi connectivity index (χ1n) is 9.95. The summed E-state index contributed by atoms with van der Waals surface area (Å²) in [6, 6.07) is 8.27. The predicted octanol–water partition coefficient (Wildman–Crippen LogP) is 6.96. The topological polar surface area (TPSA) is 39.2 Å². The first-order chi connectivity index (χ1) is 13.7. The fourth-order valence-corrected chi connectivity index (χ4v) is 5.96. The Bertz CT molecular complexity index is 949. The van der Waals surface area contributed by atoms with Crippen molar-refractivity contribution in [1.29, 1.82) is 0 Å². The number of carbonyl (C=O) groups is 1. The van der Waals surface area contributed by atoms with Gasteiger partial charge in [0, 0.05) is 19.1 Å². The van der Waals surface area contributed by atoms with Gasteiger partial charge in [0.2, 0.25) is 0 Å². The molecule has 0 bridgehead atoms. The Balaban J connectivity index is 1.62. The van der Waals surface area contributed by atoms with E-state index >= 15 is 0 Å². The molecule has 29 heavy (non-hydrogen) atoms. The van der Waals surface area contributed by atoms with Gasteiger partial charge in [-0.15, -0.1) is 11.3 Å². The molecular formula is C24H29NO2S2. The molecule has 154 valence electrons. The number of ether oxygens (including phenoxy) is 1. The highest BCUT2D eigenvalue weighted by Gasteiger charge is 2.33. The van der Waals surface area contributed by atoms with Crippen LogP contribution in [0.25, 0.3) is 10.2 Å². The van der Waals surface area contributed by atoms with Crippen LogP contribution in [-0.2, 0) is 9.53 Å². The Morgan fingerprint density at radius 1 is 1.34 bits per heavy atom. The van der Waals surface area contributed by atoms with E-state index in [0.29, 0.717) is 0 Å². The monoisotopic (exact) mass is 427 g/mol. The summed E-state index contributed by atoms with van der Waals surface area (Å²) in [4.78, 5) is 16.0. The van der Waals surface area contributed by atoms with Crippen molar-refractivity contribution >= 4 is 39.3 Å². The molecule has 1 aromatic heterocycles. The van der Waals surface area contributed by atoms with Crippen LogP contribution in [0.1, 0.15) is 47.5 Å². The maximum Gasteiger partial charge on any atom is 0.302 e. The zero-order valence-corrected chi connectivity index (χ0v) is 19.5. The van der Waals surface area contributed by atoms with Gasteiger partial charge >= 0.3 is 5.97 Å². The van der Waals surface area contributed by atoms with Crippen molar-refractivity contribution in [3.63, 3.8) is 0 Å². The summed E-state index contributed by atoms with van der Waals surface area (Å²) in [5.74, 6) is 0.716. The largest absolute Gasteiger partial charge is 0.462 e. The maximum atomic E-state index is 11.3. The number of rotatable bonds is 6. The number of hydrogen-bond donors (Lipinski definition) is 0. The minimum atomic E-state index is -0.193.